The molecule has 1 fully saturated rings. The van der Waals surface area contributed by atoms with Gasteiger partial charge in [-0.15, -0.1) is 0 Å². The molecule has 1 heterocycles. The van der Waals surface area contributed by atoms with Gasteiger partial charge in [0.05, 0.1) is 13.0 Å². The second-order valence-corrected chi connectivity index (χ2v) is 5.74. The third-order valence-electron chi connectivity index (χ3n) is 4.02. The van der Waals surface area contributed by atoms with Crippen LogP contribution in [0.4, 0.5) is 0 Å². The fraction of sp³-hybridized carbons (Fsp3) is 0.529. The maximum atomic E-state index is 12.2. The molecule has 1 aliphatic heterocycles. The van der Waals surface area contributed by atoms with Crippen LogP contribution in [0.25, 0.3) is 0 Å². The minimum atomic E-state index is -0.0378. The summed E-state index contributed by atoms with van der Waals surface area (Å²) < 4.78 is 4.93. The Labute approximate surface area is 131 Å². The molecule has 1 N–H and O–H groups in total. The van der Waals surface area contributed by atoms with Gasteiger partial charge in [0.2, 0.25) is 5.91 Å². The van der Waals surface area contributed by atoms with Crippen molar-refractivity contribution in [1.82, 2.24) is 10.2 Å². The zero-order valence-corrected chi connectivity index (χ0v) is 13.3. The molecule has 120 valence electrons. The molecule has 0 unspecified atom stereocenters. The molecule has 0 spiro atoms. The van der Waals surface area contributed by atoms with E-state index in [4.69, 9.17) is 4.74 Å². The number of carbonyl (C=O) groups is 2. The summed E-state index contributed by atoms with van der Waals surface area (Å²) in [6, 6.07) is 7.69. The normalized spacial score (nSPS) is 15.6. The first-order valence-electron chi connectivity index (χ1n) is 7.74. The van der Waals surface area contributed by atoms with Crippen molar-refractivity contribution in [2.24, 2.45) is 0 Å². The summed E-state index contributed by atoms with van der Waals surface area (Å²) in [7, 11) is 1.60. The molecule has 22 heavy (non-hydrogen) atoms. The standard InChI is InChI=1S/C17H24N2O3/c1-13-3-5-14(6-4-13)17(21)18-15-7-10-19(11-8-15)16(20)9-12-22-2/h3-6,15H,7-12H2,1-2H3,(H,18,21). The predicted octanol–water partition coefficient (Wildman–Crippen LogP) is 1.75. The van der Waals surface area contributed by atoms with E-state index in [1.54, 1.807) is 7.11 Å². The number of amides is 2. The molecule has 0 aromatic heterocycles. The van der Waals surface area contributed by atoms with Crippen LogP contribution in [0, 0.1) is 6.92 Å². The zero-order valence-electron chi connectivity index (χ0n) is 13.3. The average Bonchev–Trinajstić information content (AvgIpc) is 2.54. The molecule has 2 amide bonds. The van der Waals surface area contributed by atoms with Crippen LogP contribution < -0.4 is 5.32 Å². The SMILES string of the molecule is COCCC(=O)N1CCC(NC(=O)c2ccc(C)cc2)CC1. The Balaban J connectivity index is 1.78. The highest BCUT2D eigenvalue weighted by Crippen LogP contribution is 2.13. The number of ether oxygens (including phenoxy) is 1. The molecule has 5 nitrogen and oxygen atoms in total. The Hall–Kier alpha value is -1.88. The summed E-state index contributed by atoms with van der Waals surface area (Å²) in [6.45, 7) is 3.85. The number of carbonyl (C=O) groups excluding carboxylic acids is 2. The number of rotatable bonds is 5. The lowest BCUT2D eigenvalue weighted by Gasteiger charge is -2.32. The van der Waals surface area contributed by atoms with Gasteiger partial charge < -0.3 is 15.0 Å². The fourth-order valence-electron chi connectivity index (χ4n) is 2.59. The zero-order chi connectivity index (χ0) is 15.9. The van der Waals surface area contributed by atoms with E-state index in [0.717, 1.165) is 18.4 Å². The number of likely N-dealkylation sites (tertiary alicyclic amines) is 1. The summed E-state index contributed by atoms with van der Waals surface area (Å²) in [5.41, 5.74) is 1.82. The van der Waals surface area contributed by atoms with Crippen molar-refractivity contribution in [3.8, 4) is 0 Å². The van der Waals surface area contributed by atoms with E-state index in [2.05, 4.69) is 5.32 Å². The van der Waals surface area contributed by atoms with Gasteiger partial charge in [0.15, 0.2) is 0 Å². The van der Waals surface area contributed by atoms with E-state index in [-0.39, 0.29) is 17.9 Å². The molecule has 2 rings (SSSR count). The smallest absolute Gasteiger partial charge is 0.251 e. The Kier molecular flexibility index (Phi) is 5.95. The van der Waals surface area contributed by atoms with Gasteiger partial charge in [0.1, 0.15) is 0 Å². The van der Waals surface area contributed by atoms with Gasteiger partial charge in [-0.05, 0) is 31.9 Å². The first-order valence-corrected chi connectivity index (χ1v) is 7.74. The highest BCUT2D eigenvalue weighted by atomic mass is 16.5. The number of piperidine rings is 1. The number of nitrogens with zero attached hydrogens (tertiary/aromatic N) is 1. The van der Waals surface area contributed by atoms with Crippen molar-refractivity contribution in [3.63, 3.8) is 0 Å². The molecule has 0 atom stereocenters. The summed E-state index contributed by atoms with van der Waals surface area (Å²) in [4.78, 5) is 25.9. The number of nitrogens with one attached hydrogen (secondary N) is 1. The number of methoxy groups -OCH3 is 1. The Morgan fingerprint density at radius 3 is 2.45 bits per heavy atom. The van der Waals surface area contributed by atoms with Crippen molar-refractivity contribution in [3.05, 3.63) is 35.4 Å². The Bertz CT molecular complexity index is 505. The van der Waals surface area contributed by atoms with Crippen LogP contribution in [-0.2, 0) is 9.53 Å². The third kappa shape index (κ3) is 4.56. The minimum absolute atomic E-state index is 0.0378. The van der Waals surface area contributed by atoms with E-state index in [9.17, 15) is 9.59 Å². The second kappa shape index (κ2) is 7.94. The van der Waals surface area contributed by atoms with Crippen molar-refractivity contribution in [2.75, 3.05) is 26.8 Å². The number of hydrogen-bond acceptors (Lipinski definition) is 3. The first-order chi connectivity index (χ1) is 10.6. The summed E-state index contributed by atoms with van der Waals surface area (Å²) in [6.07, 6.45) is 2.03. The van der Waals surface area contributed by atoms with E-state index >= 15 is 0 Å². The Morgan fingerprint density at radius 1 is 1.23 bits per heavy atom. The molecule has 1 aromatic carbocycles. The maximum absolute atomic E-state index is 12.2. The van der Waals surface area contributed by atoms with Crippen LogP contribution in [0.3, 0.4) is 0 Å². The first kappa shape index (κ1) is 16.5. The molecule has 0 saturated carbocycles. The van der Waals surface area contributed by atoms with E-state index < -0.39 is 0 Å². The van der Waals surface area contributed by atoms with Crippen molar-refractivity contribution < 1.29 is 14.3 Å². The van der Waals surface area contributed by atoms with E-state index in [1.165, 1.54) is 0 Å². The quantitative estimate of drug-likeness (QED) is 0.901. The molecular weight excluding hydrogens is 280 g/mol. The lowest BCUT2D eigenvalue weighted by Crippen LogP contribution is -2.46. The van der Waals surface area contributed by atoms with Crippen LogP contribution in [0.15, 0.2) is 24.3 Å². The van der Waals surface area contributed by atoms with Crippen LogP contribution in [-0.4, -0.2) is 49.6 Å². The minimum Gasteiger partial charge on any atom is -0.384 e. The van der Waals surface area contributed by atoms with Crippen LogP contribution >= 0.6 is 0 Å². The number of hydrogen-bond donors (Lipinski definition) is 1. The van der Waals surface area contributed by atoms with Gasteiger partial charge in [-0.3, -0.25) is 9.59 Å². The van der Waals surface area contributed by atoms with E-state index in [1.807, 2.05) is 36.1 Å². The highest BCUT2D eigenvalue weighted by molar-refractivity contribution is 5.94. The summed E-state index contributed by atoms with van der Waals surface area (Å²) in [5, 5.41) is 3.06. The van der Waals surface area contributed by atoms with Crippen LogP contribution in [0.5, 0.6) is 0 Å². The highest BCUT2D eigenvalue weighted by Gasteiger charge is 2.23. The van der Waals surface area contributed by atoms with Gasteiger partial charge in [-0.1, -0.05) is 17.7 Å². The van der Waals surface area contributed by atoms with Crippen LogP contribution in [0.2, 0.25) is 0 Å². The van der Waals surface area contributed by atoms with Gasteiger partial charge in [-0.25, -0.2) is 0 Å². The van der Waals surface area contributed by atoms with E-state index in [0.29, 0.717) is 31.7 Å². The largest absolute Gasteiger partial charge is 0.384 e. The molecule has 0 radical (unpaired) electrons. The number of aryl methyl sites for hydroxylation is 1. The monoisotopic (exact) mass is 304 g/mol. The summed E-state index contributed by atoms with van der Waals surface area (Å²) in [5.74, 6) is 0.0920. The van der Waals surface area contributed by atoms with Gasteiger partial charge in [0, 0.05) is 31.8 Å². The fourth-order valence-corrected chi connectivity index (χ4v) is 2.59. The lowest BCUT2D eigenvalue weighted by molar-refractivity contribution is -0.133. The molecule has 1 aromatic rings. The molecule has 1 aliphatic rings. The van der Waals surface area contributed by atoms with Crippen molar-refractivity contribution in [2.45, 2.75) is 32.2 Å². The Morgan fingerprint density at radius 2 is 1.86 bits per heavy atom. The van der Waals surface area contributed by atoms with Crippen molar-refractivity contribution in [1.29, 1.82) is 0 Å². The van der Waals surface area contributed by atoms with Gasteiger partial charge in [0.25, 0.3) is 5.91 Å². The molecular formula is C17H24N2O3. The lowest BCUT2D eigenvalue weighted by atomic mass is 10.0. The van der Waals surface area contributed by atoms with Gasteiger partial charge in [-0.2, -0.15) is 0 Å². The third-order valence-corrected chi connectivity index (χ3v) is 4.02. The van der Waals surface area contributed by atoms with Crippen LogP contribution in [0.1, 0.15) is 35.2 Å². The molecule has 5 heteroatoms. The molecule has 0 aliphatic carbocycles. The van der Waals surface area contributed by atoms with Gasteiger partial charge >= 0.3 is 0 Å². The average molecular weight is 304 g/mol. The topological polar surface area (TPSA) is 58.6 Å². The number of benzene rings is 1. The molecule has 0 bridgehead atoms. The molecule has 1 saturated heterocycles. The van der Waals surface area contributed by atoms with Crippen molar-refractivity contribution >= 4 is 11.8 Å². The second-order valence-electron chi connectivity index (χ2n) is 5.74. The predicted molar refractivity (Wildman–Crippen MR) is 84.7 cm³/mol. The maximum Gasteiger partial charge on any atom is 0.251 e. The summed E-state index contributed by atoms with van der Waals surface area (Å²) >= 11 is 0.